The predicted molar refractivity (Wildman–Crippen MR) is 86.6 cm³/mol. The molecule has 1 unspecified atom stereocenters. The number of nitrogens with one attached hydrogen (secondary N) is 1. The zero-order valence-corrected chi connectivity index (χ0v) is 12.9. The summed E-state index contributed by atoms with van der Waals surface area (Å²) < 4.78 is 28.2. The van der Waals surface area contributed by atoms with E-state index in [9.17, 15) is 13.9 Å². The van der Waals surface area contributed by atoms with Crippen LogP contribution < -0.4 is 5.32 Å². The van der Waals surface area contributed by atoms with Crippen molar-refractivity contribution in [3.63, 3.8) is 0 Å². The summed E-state index contributed by atoms with van der Waals surface area (Å²) in [5, 5.41) is 17.3. The lowest BCUT2D eigenvalue weighted by molar-refractivity contribution is 0.169. The summed E-state index contributed by atoms with van der Waals surface area (Å²) in [6, 6.07) is 12.2. The van der Waals surface area contributed by atoms with Crippen LogP contribution in [0, 0.1) is 11.6 Å². The number of halogens is 2. The van der Waals surface area contributed by atoms with Gasteiger partial charge in [0.1, 0.15) is 11.6 Å². The van der Waals surface area contributed by atoms with Gasteiger partial charge in [0.25, 0.3) is 0 Å². The van der Waals surface area contributed by atoms with Crippen LogP contribution in [0.1, 0.15) is 17.2 Å². The van der Waals surface area contributed by atoms with E-state index in [0.29, 0.717) is 6.54 Å². The standard InChI is InChI=1S/C18H17F2N3O/c19-14-5-7-15(8-6-14)23-12-13(10-22-23)9-21-11-18(24)16-3-1-2-4-17(16)20/h1-8,10,12,18,21,24H,9,11H2. The van der Waals surface area contributed by atoms with Crippen LogP contribution in [0.4, 0.5) is 8.78 Å². The predicted octanol–water partition coefficient (Wildman–Crippen LogP) is 2.97. The second-order valence-corrected chi connectivity index (χ2v) is 5.44. The van der Waals surface area contributed by atoms with Gasteiger partial charge in [0.15, 0.2) is 0 Å². The first-order valence-electron chi connectivity index (χ1n) is 7.56. The molecule has 0 aliphatic rings. The van der Waals surface area contributed by atoms with Crippen molar-refractivity contribution < 1.29 is 13.9 Å². The summed E-state index contributed by atoms with van der Waals surface area (Å²) in [6.45, 7) is 0.704. The van der Waals surface area contributed by atoms with E-state index in [1.165, 1.54) is 18.2 Å². The largest absolute Gasteiger partial charge is 0.387 e. The molecule has 6 heteroatoms. The van der Waals surface area contributed by atoms with Gasteiger partial charge in [-0.05, 0) is 30.3 Å². The summed E-state index contributed by atoms with van der Waals surface area (Å²) in [7, 11) is 0. The van der Waals surface area contributed by atoms with Gasteiger partial charge in [-0.15, -0.1) is 0 Å². The molecule has 2 aromatic carbocycles. The van der Waals surface area contributed by atoms with Gasteiger partial charge in [0.2, 0.25) is 0 Å². The first-order valence-corrected chi connectivity index (χ1v) is 7.56. The van der Waals surface area contributed by atoms with Gasteiger partial charge in [-0.25, -0.2) is 13.5 Å². The van der Waals surface area contributed by atoms with Crippen LogP contribution in [0.2, 0.25) is 0 Å². The van der Waals surface area contributed by atoms with Gasteiger partial charge in [-0.2, -0.15) is 5.10 Å². The lowest BCUT2D eigenvalue weighted by Gasteiger charge is -2.12. The fourth-order valence-corrected chi connectivity index (χ4v) is 2.39. The Hall–Kier alpha value is -2.57. The van der Waals surface area contributed by atoms with E-state index in [0.717, 1.165) is 11.3 Å². The SMILES string of the molecule is OC(CNCc1cnn(-c2ccc(F)cc2)c1)c1ccccc1F. The van der Waals surface area contributed by atoms with Gasteiger partial charge in [-0.1, -0.05) is 18.2 Å². The van der Waals surface area contributed by atoms with Crippen molar-refractivity contribution in [1.82, 2.24) is 15.1 Å². The average molecular weight is 329 g/mol. The van der Waals surface area contributed by atoms with E-state index in [1.54, 1.807) is 41.2 Å². The molecule has 0 spiro atoms. The highest BCUT2D eigenvalue weighted by Gasteiger charge is 2.11. The van der Waals surface area contributed by atoms with E-state index >= 15 is 0 Å². The lowest BCUT2D eigenvalue weighted by atomic mass is 10.1. The third kappa shape index (κ3) is 3.84. The molecule has 0 bridgehead atoms. The van der Waals surface area contributed by atoms with Crippen LogP contribution >= 0.6 is 0 Å². The zero-order valence-electron chi connectivity index (χ0n) is 12.9. The van der Waals surface area contributed by atoms with Crippen molar-refractivity contribution in [3.8, 4) is 5.69 Å². The highest BCUT2D eigenvalue weighted by atomic mass is 19.1. The van der Waals surface area contributed by atoms with E-state index in [-0.39, 0.29) is 17.9 Å². The summed E-state index contributed by atoms with van der Waals surface area (Å²) in [5.41, 5.74) is 1.93. The highest BCUT2D eigenvalue weighted by molar-refractivity contribution is 5.31. The fraction of sp³-hybridized carbons (Fsp3) is 0.167. The molecule has 0 amide bonds. The Morgan fingerprint density at radius 2 is 1.83 bits per heavy atom. The fourth-order valence-electron chi connectivity index (χ4n) is 2.39. The molecule has 0 aliphatic heterocycles. The van der Waals surface area contributed by atoms with Crippen LogP contribution in [-0.2, 0) is 6.54 Å². The van der Waals surface area contributed by atoms with Crippen LogP contribution in [0.15, 0.2) is 60.9 Å². The maximum atomic E-state index is 13.6. The highest BCUT2D eigenvalue weighted by Crippen LogP contribution is 2.16. The maximum Gasteiger partial charge on any atom is 0.129 e. The van der Waals surface area contributed by atoms with Crippen molar-refractivity contribution in [2.24, 2.45) is 0 Å². The summed E-state index contributed by atoms with van der Waals surface area (Å²) in [4.78, 5) is 0. The normalized spacial score (nSPS) is 12.3. The number of rotatable bonds is 6. The maximum absolute atomic E-state index is 13.6. The molecule has 4 nitrogen and oxygen atoms in total. The smallest absolute Gasteiger partial charge is 0.129 e. The Labute approximate surface area is 138 Å². The van der Waals surface area contributed by atoms with Gasteiger partial charge >= 0.3 is 0 Å². The molecule has 3 aromatic rings. The molecule has 0 fully saturated rings. The second kappa shape index (κ2) is 7.33. The third-order valence-electron chi connectivity index (χ3n) is 3.66. The van der Waals surface area contributed by atoms with Crippen molar-refractivity contribution in [3.05, 3.63) is 83.7 Å². The monoisotopic (exact) mass is 329 g/mol. The number of aliphatic hydroxyl groups is 1. The van der Waals surface area contributed by atoms with Crippen molar-refractivity contribution in [2.75, 3.05) is 6.54 Å². The number of nitrogens with zero attached hydrogens (tertiary/aromatic N) is 2. The van der Waals surface area contributed by atoms with E-state index < -0.39 is 11.9 Å². The van der Waals surface area contributed by atoms with Gasteiger partial charge in [0, 0.05) is 30.4 Å². The molecule has 24 heavy (non-hydrogen) atoms. The minimum Gasteiger partial charge on any atom is -0.387 e. The Morgan fingerprint density at radius 3 is 2.58 bits per heavy atom. The minimum absolute atomic E-state index is 0.225. The molecule has 1 atom stereocenters. The van der Waals surface area contributed by atoms with Gasteiger partial charge in [-0.3, -0.25) is 0 Å². The zero-order chi connectivity index (χ0) is 16.9. The Morgan fingerprint density at radius 1 is 1.08 bits per heavy atom. The van der Waals surface area contributed by atoms with Gasteiger partial charge in [0.05, 0.1) is 18.0 Å². The minimum atomic E-state index is -0.918. The van der Waals surface area contributed by atoms with E-state index in [4.69, 9.17) is 0 Å². The number of hydrogen-bond donors (Lipinski definition) is 2. The Kier molecular flexibility index (Phi) is 4.98. The molecule has 0 saturated heterocycles. The van der Waals surface area contributed by atoms with Crippen molar-refractivity contribution >= 4 is 0 Å². The molecule has 2 N–H and O–H groups in total. The van der Waals surface area contributed by atoms with Crippen LogP contribution in [0.25, 0.3) is 5.69 Å². The van der Waals surface area contributed by atoms with E-state index in [1.807, 2.05) is 6.20 Å². The number of hydrogen-bond acceptors (Lipinski definition) is 3. The van der Waals surface area contributed by atoms with Crippen LogP contribution in [0.5, 0.6) is 0 Å². The number of aromatic nitrogens is 2. The van der Waals surface area contributed by atoms with Crippen LogP contribution in [0.3, 0.4) is 0 Å². The molecule has 124 valence electrons. The lowest BCUT2D eigenvalue weighted by Crippen LogP contribution is -2.21. The van der Waals surface area contributed by atoms with E-state index in [2.05, 4.69) is 10.4 Å². The molecule has 1 aromatic heterocycles. The topological polar surface area (TPSA) is 50.1 Å². The third-order valence-corrected chi connectivity index (χ3v) is 3.66. The molecular weight excluding hydrogens is 312 g/mol. The number of benzene rings is 2. The van der Waals surface area contributed by atoms with Crippen molar-refractivity contribution in [2.45, 2.75) is 12.6 Å². The molecule has 1 heterocycles. The molecule has 0 radical (unpaired) electrons. The summed E-state index contributed by atoms with van der Waals surface area (Å²) in [5.74, 6) is -0.717. The van der Waals surface area contributed by atoms with Crippen molar-refractivity contribution in [1.29, 1.82) is 0 Å². The molecule has 0 saturated carbocycles. The van der Waals surface area contributed by atoms with Crippen LogP contribution in [-0.4, -0.2) is 21.4 Å². The molecular formula is C18H17F2N3O. The molecule has 0 aliphatic carbocycles. The first-order chi connectivity index (χ1) is 11.6. The van der Waals surface area contributed by atoms with Gasteiger partial charge < -0.3 is 10.4 Å². The number of aliphatic hydroxyl groups excluding tert-OH is 1. The average Bonchev–Trinajstić information content (AvgIpc) is 3.04. The summed E-state index contributed by atoms with van der Waals surface area (Å²) >= 11 is 0. The molecule has 3 rings (SSSR count). The first kappa shape index (κ1) is 16.3. The Balaban J connectivity index is 1.56. The quantitative estimate of drug-likeness (QED) is 0.731. The summed E-state index contributed by atoms with van der Waals surface area (Å²) in [6.07, 6.45) is 2.58. The Bertz CT molecular complexity index is 802. The second-order valence-electron chi connectivity index (χ2n) is 5.44.